The zero-order valence-electron chi connectivity index (χ0n) is 12.8. The molecule has 1 aromatic rings. The first kappa shape index (κ1) is 15.5. The van der Waals surface area contributed by atoms with Gasteiger partial charge in [0.1, 0.15) is 0 Å². The standard InChI is InChI=1S/C16H22N2O3S/c1-12-4-2-3-5-14(12)11-22(20,21)17-9-13-8-16(19)18(10-13)15-6-7-15/h2-5,13,15,17H,6-11H2,1H3. The van der Waals surface area contributed by atoms with Crippen LogP contribution in [0.2, 0.25) is 0 Å². The summed E-state index contributed by atoms with van der Waals surface area (Å²) in [6.07, 6.45) is 2.65. The minimum atomic E-state index is -3.36. The first-order valence-electron chi connectivity index (χ1n) is 7.76. The molecule has 1 saturated carbocycles. The van der Waals surface area contributed by atoms with Crippen molar-refractivity contribution < 1.29 is 13.2 Å². The smallest absolute Gasteiger partial charge is 0.223 e. The Morgan fingerprint density at radius 2 is 2.00 bits per heavy atom. The van der Waals surface area contributed by atoms with E-state index < -0.39 is 10.0 Å². The van der Waals surface area contributed by atoms with Crippen LogP contribution in [0.4, 0.5) is 0 Å². The van der Waals surface area contributed by atoms with E-state index in [4.69, 9.17) is 0 Å². The average molecular weight is 322 g/mol. The van der Waals surface area contributed by atoms with Gasteiger partial charge in [0.05, 0.1) is 5.75 Å². The number of nitrogens with zero attached hydrogens (tertiary/aromatic N) is 1. The highest BCUT2D eigenvalue weighted by molar-refractivity contribution is 7.88. The highest BCUT2D eigenvalue weighted by Crippen LogP contribution is 2.32. The van der Waals surface area contributed by atoms with Crippen LogP contribution in [-0.2, 0) is 20.6 Å². The van der Waals surface area contributed by atoms with E-state index in [1.807, 2.05) is 36.1 Å². The van der Waals surface area contributed by atoms with Crippen molar-refractivity contribution in [3.63, 3.8) is 0 Å². The summed E-state index contributed by atoms with van der Waals surface area (Å²) in [5, 5.41) is 0. The maximum atomic E-state index is 12.2. The summed E-state index contributed by atoms with van der Waals surface area (Å²) in [5.74, 6) is 0.262. The Kier molecular flexibility index (Phi) is 4.23. The molecule has 1 aliphatic heterocycles. The minimum Gasteiger partial charge on any atom is -0.339 e. The van der Waals surface area contributed by atoms with Gasteiger partial charge in [-0.25, -0.2) is 13.1 Å². The van der Waals surface area contributed by atoms with Gasteiger partial charge >= 0.3 is 0 Å². The molecule has 22 heavy (non-hydrogen) atoms. The molecule has 5 nitrogen and oxygen atoms in total. The molecule has 1 N–H and O–H groups in total. The molecular formula is C16H22N2O3S. The molecule has 2 aliphatic rings. The third-order valence-electron chi connectivity index (χ3n) is 4.42. The second-order valence-electron chi connectivity index (χ2n) is 6.38. The lowest BCUT2D eigenvalue weighted by molar-refractivity contribution is -0.128. The van der Waals surface area contributed by atoms with E-state index in [9.17, 15) is 13.2 Å². The van der Waals surface area contributed by atoms with Crippen LogP contribution in [0.5, 0.6) is 0 Å². The number of carbonyl (C=O) groups excluding carboxylic acids is 1. The summed E-state index contributed by atoms with van der Waals surface area (Å²) >= 11 is 0. The molecule has 6 heteroatoms. The number of amides is 1. The fourth-order valence-corrected chi connectivity index (χ4v) is 4.28. The van der Waals surface area contributed by atoms with E-state index >= 15 is 0 Å². The van der Waals surface area contributed by atoms with Gasteiger partial charge in [0, 0.05) is 25.6 Å². The van der Waals surface area contributed by atoms with Crippen LogP contribution >= 0.6 is 0 Å². The lowest BCUT2D eigenvalue weighted by atomic mass is 10.1. The highest BCUT2D eigenvalue weighted by Gasteiger charge is 2.39. The Morgan fingerprint density at radius 1 is 1.27 bits per heavy atom. The Bertz CT molecular complexity index is 668. The van der Waals surface area contributed by atoms with Gasteiger partial charge in [-0.2, -0.15) is 0 Å². The largest absolute Gasteiger partial charge is 0.339 e. The zero-order valence-corrected chi connectivity index (χ0v) is 13.6. The monoisotopic (exact) mass is 322 g/mol. The summed E-state index contributed by atoms with van der Waals surface area (Å²) in [4.78, 5) is 13.8. The zero-order chi connectivity index (χ0) is 15.7. The third kappa shape index (κ3) is 3.67. The van der Waals surface area contributed by atoms with Gasteiger partial charge in [-0.15, -0.1) is 0 Å². The van der Waals surface area contributed by atoms with Crippen molar-refractivity contribution in [2.75, 3.05) is 13.1 Å². The van der Waals surface area contributed by atoms with E-state index in [-0.39, 0.29) is 17.6 Å². The van der Waals surface area contributed by atoms with Gasteiger partial charge < -0.3 is 4.90 Å². The maximum Gasteiger partial charge on any atom is 0.223 e. The Hall–Kier alpha value is -1.40. The molecule has 2 fully saturated rings. The van der Waals surface area contributed by atoms with Crippen molar-refractivity contribution >= 4 is 15.9 Å². The molecule has 0 spiro atoms. The van der Waals surface area contributed by atoms with Crippen LogP contribution in [0.1, 0.15) is 30.4 Å². The molecule has 1 aliphatic carbocycles. The number of hydrogen-bond donors (Lipinski definition) is 1. The normalized spacial score (nSPS) is 22.3. The number of likely N-dealkylation sites (tertiary alicyclic amines) is 1. The molecule has 0 radical (unpaired) electrons. The number of sulfonamides is 1. The molecule has 0 aromatic heterocycles. The fourth-order valence-electron chi connectivity index (χ4n) is 2.96. The average Bonchev–Trinajstić information content (AvgIpc) is 3.23. The second-order valence-corrected chi connectivity index (χ2v) is 8.19. The van der Waals surface area contributed by atoms with Crippen molar-refractivity contribution in [2.45, 2.75) is 38.0 Å². The molecular weight excluding hydrogens is 300 g/mol. The van der Waals surface area contributed by atoms with E-state index in [1.54, 1.807) is 0 Å². The van der Waals surface area contributed by atoms with Crippen LogP contribution < -0.4 is 4.72 Å². The van der Waals surface area contributed by atoms with Crippen LogP contribution in [0.25, 0.3) is 0 Å². The number of hydrogen-bond acceptors (Lipinski definition) is 3. The van der Waals surface area contributed by atoms with Gasteiger partial charge in [0.25, 0.3) is 0 Å². The van der Waals surface area contributed by atoms with Crippen LogP contribution in [0.15, 0.2) is 24.3 Å². The molecule has 1 unspecified atom stereocenters. The van der Waals surface area contributed by atoms with Crippen molar-refractivity contribution in [1.82, 2.24) is 9.62 Å². The summed E-state index contributed by atoms with van der Waals surface area (Å²) in [7, 11) is -3.36. The number of benzene rings is 1. The number of carbonyl (C=O) groups is 1. The topological polar surface area (TPSA) is 66.5 Å². The molecule has 1 amide bonds. The SMILES string of the molecule is Cc1ccccc1CS(=O)(=O)NCC1CC(=O)N(C2CC2)C1. The first-order valence-corrected chi connectivity index (χ1v) is 9.41. The van der Waals surface area contributed by atoms with Gasteiger partial charge in [0.2, 0.25) is 15.9 Å². The Morgan fingerprint density at radius 3 is 2.68 bits per heavy atom. The molecule has 120 valence electrons. The Labute approximate surface area is 131 Å². The molecule has 1 saturated heterocycles. The number of nitrogens with one attached hydrogen (secondary N) is 1. The highest BCUT2D eigenvalue weighted by atomic mass is 32.2. The summed E-state index contributed by atoms with van der Waals surface area (Å²) in [6.45, 7) is 2.95. The number of rotatable bonds is 6. The van der Waals surface area contributed by atoms with Crippen LogP contribution in [-0.4, -0.2) is 38.4 Å². The molecule has 3 rings (SSSR count). The lowest BCUT2D eigenvalue weighted by Crippen LogP contribution is -2.32. The van der Waals surface area contributed by atoms with Crippen molar-refractivity contribution in [3.05, 3.63) is 35.4 Å². The summed E-state index contributed by atoms with van der Waals surface area (Å²) < 4.78 is 27.1. The van der Waals surface area contributed by atoms with Gasteiger partial charge in [-0.1, -0.05) is 24.3 Å². The van der Waals surface area contributed by atoms with Gasteiger partial charge in [0.15, 0.2) is 0 Å². The summed E-state index contributed by atoms with van der Waals surface area (Å²) in [5.41, 5.74) is 1.79. The second kappa shape index (κ2) is 6.01. The summed E-state index contributed by atoms with van der Waals surface area (Å²) in [6, 6.07) is 7.91. The predicted octanol–water partition coefficient (Wildman–Crippen LogP) is 1.43. The molecule has 1 aromatic carbocycles. The third-order valence-corrected chi connectivity index (χ3v) is 5.72. The quantitative estimate of drug-likeness (QED) is 0.861. The maximum absolute atomic E-state index is 12.2. The van der Waals surface area contributed by atoms with Gasteiger partial charge in [-0.3, -0.25) is 4.79 Å². The van der Waals surface area contributed by atoms with E-state index in [0.717, 1.165) is 24.0 Å². The predicted molar refractivity (Wildman–Crippen MR) is 84.6 cm³/mol. The van der Waals surface area contributed by atoms with Crippen molar-refractivity contribution in [3.8, 4) is 0 Å². The van der Waals surface area contributed by atoms with Crippen molar-refractivity contribution in [1.29, 1.82) is 0 Å². The fraction of sp³-hybridized carbons (Fsp3) is 0.562. The van der Waals surface area contributed by atoms with Crippen LogP contribution in [0.3, 0.4) is 0 Å². The molecule has 1 heterocycles. The van der Waals surface area contributed by atoms with Crippen molar-refractivity contribution in [2.24, 2.45) is 5.92 Å². The van der Waals surface area contributed by atoms with Crippen LogP contribution in [0, 0.1) is 12.8 Å². The Balaban J connectivity index is 1.54. The van der Waals surface area contributed by atoms with E-state index in [2.05, 4.69) is 4.72 Å². The number of aryl methyl sites for hydroxylation is 1. The van der Waals surface area contributed by atoms with E-state index in [0.29, 0.717) is 25.6 Å². The first-order chi connectivity index (χ1) is 10.4. The molecule has 1 atom stereocenters. The minimum absolute atomic E-state index is 0.00726. The lowest BCUT2D eigenvalue weighted by Gasteiger charge is -2.16. The van der Waals surface area contributed by atoms with Gasteiger partial charge in [-0.05, 0) is 36.8 Å². The molecule has 0 bridgehead atoms. The van der Waals surface area contributed by atoms with E-state index in [1.165, 1.54) is 0 Å².